The number of thiophene rings is 1. The second-order valence-corrected chi connectivity index (χ2v) is 10.5. The molecule has 0 saturated carbocycles. The van der Waals surface area contributed by atoms with Crippen LogP contribution in [-0.2, 0) is 23.9 Å². The molecule has 1 fully saturated rings. The van der Waals surface area contributed by atoms with Crippen molar-refractivity contribution in [1.29, 1.82) is 0 Å². The fourth-order valence-corrected chi connectivity index (χ4v) is 4.91. The van der Waals surface area contributed by atoms with Crippen molar-refractivity contribution < 1.29 is 29.0 Å². The summed E-state index contributed by atoms with van der Waals surface area (Å²) in [6, 6.07) is 1.58. The average Bonchev–Trinajstić information content (AvgIpc) is 3.28. The topological polar surface area (TPSA) is 96.4 Å². The number of nitrogens with zero attached hydrogens (tertiary/aromatic N) is 2. The molecule has 174 valence electrons. The van der Waals surface area contributed by atoms with Gasteiger partial charge >= 0.3 is 11.9 Å². The van der Waals surface area contributed by atoms with Gasteiger partial charge in [0.05, 0.1) is 23.5 Å². The molecule has 3 atom stereocenters. The summed E-state index contributed by atoms with van der Waals surface area (Å²) in [5.74, 6) is -2.14. The summed E-state index contributed by atoms with van der Waals surface area (Å²) in [6.07, 6.45) is -0.407. The van der Waals surface area contributed by atoms with E-state index in [-0.39, 0.29) is 17.6 Å². The zero-order chi connectivity index (χ0) is 24.0. The number of aliphatic hydroxyl groups excluding tert-OH is 1. The zero-order valence-electron chi connectivity index (χ0n) is 19.0. The zero-order valence-corrected chi connectivity index (χ0v) is 20.6. The molecule has 3 rings (SSSR count). The van der Waals surface area contributed by atoms with Gasteiger partial charge in [-0.25, -0.2) is 4.79 Å². The molecule has 10 heteroatoms. The van der Waals surface area contributed by atoms with Crippen molar-refractivity contribution in [2.45, 2.75) is 46.3 Å². The Morgan fingerprint density at radius 2 is 2.00 bits per heavy atom. The van der Waals surface area contributed by atoms with Crippen LogP contribution < -0.4 is 0 Å². The van der Waals surface area contributed by atoms with Crippen LogP contribution in [0.15, 0.2) is 17.1 Å². The molecule has 1 aromatic rings. The highest BCUT2D eigenvalue weighted by atomic mass is 32.1. The third-order valence-corrected chi connectivity index (χ3v) is 7.06. The largest absolute Gasteiger partial charge is 0.427 e. The summed E-state index contributed by atoms with van der Waals surface area (Å²) in [7, 11) is 3.71. The number of carbonyl (C=O) groups is 3. The lowest BCUT2D eigenvalue weighted by Crippen LogP contribution is -2.61. The molecule has 1 N–H and O–H groups in total. The number of amides is 1. The molecule has 1 amide bonds. The van der Waals surface area contributed by atoms with Crippen molar-refractivity contribution in [2.75, 3.05) is 20.9 Å². The molecular weight excluding hydrogens is 452 g/mol. The highest BCUT2D eigenvalue weighted by molar-refractivity contribution is 7.80. The first-order valence-electron chi connectivity index (χ1n) is 10.2. The van der Waals surface area contributed by atoms with Gasteiger partial charge in [0.2, 0.25) is 12.7 Å². The number of thiocarbonyl (C=S) groups is 1. The monoisotopic (exact) mass is 480 g/mol. The minimum atomic E-state index is -0.826. The lowest BCUT2D eigenvalue weighted by atomic mass is 9.83. The molecule has 0 aliphatic carbocycles. The van der Waals surface area contributed by atoms with Crippen molar-refractivity contribution >= 4 is 52.0 Å². The van der Waals surface area contributed by atoms with E-state index in [1.54, 1.807) is 27.7 Å². The minimum absolute atomic E-state index is 0.132. The Kier molecular flexibility index (Phi) is 6.78. The Balaban J connectivity index is 1.87. The maximum atomic E-state index is 13.0. The van der Waals surface area contributed by atoms with Gasteiger partial charge in [0.1, 0.15) is 10.7 Å². The highest BCUT2D eigenvalue weighted by Gasteiger charge is 2.57. The first-order valence-corrected chi connectivity index (χ1v) is 11.5. The van der Waals surface area contributed by atoms with Crippen LogP contribution in [0.3, 0.4) is 0 Å². The summed E-state index contributed by atoms with van der Waals surface area (Å²) in [5, 5.41) is 11.9. The Bertz CT molecular complexity index is 989. The number of esters is 2. The summed E-state index contributed by atoms with van der Waals surface area (Å²) in [4.78, 5) is 42.3. The summed E-state index contributed by atoms with van der Waals surface area (Å²) in [6.45, 7) is 6.11. The molecule has 0 bridgehead atoms. The van der Waals surface area contributed by atoms with E-state index in [1.807, 2.05) is 30.4 Å². The van der Waals surface area contributed by atoms with Crippen LogP contribution >= 0.6 is 23.6 Å². The van der Waals surface area contributed by atoms with E-state index < -0.39 is 36.2 Å². The summed E-state index contributed by atoms with van der Waals surface area (Å²) >= 11 is 6.86. The quantitative estimate of drug-likeness (QED) is 0.287. The van der Waals surface area contributed by atoms with Gasteiger partial charge in [0.25, 0.3) is 0 Å². The van der Waals surface area contributed by atoms with Gasteiger partial charge in [-0.1, -0.05) is 12.2 Å². The first-order chi connectivity index (χ1) is 14.8. The molecule has 2 aliphatic heterocycles. The molecule has 3 heterocycles. The van der Waals surface area contributed by atoms with Crippen molar-refractivity contribution in [2.24, 2.45) is 11.3 Å². The molecule has 0 spiro atoms. The molecule has 1 aromatic heterocycles. The maximum absolute atomic E-state index is 13.0. The predicted octanol–water partition coefficient (Wildman–Crippen LogP) is 2.40. The molecule has 0 radical (unpaired) electrons. The second-order valence-electron chi connectivity index (χ2n) is 9.20. The highest BCUT2D eigenvalue weighted by Crippen LogP contribution is 2.48. The van der Waals surface area contributed by atoms with E-state index in [0.29, 0.717) is 17.0 Å². The second kappa shape index (κ2) is 8.92. The number of aliphatic hydroxyl groups is 1. The van der Waals surface area contributed by atoms with Crippen LogP contribution in [0, 0.1) is 11.3 Å². The van der Waals surface area contributed by atoms with E-state index in [1.165, 1.54) is 16.2 Å². The van der Waals surface area contributed by atoms with Crippen LogP contribution in [-0.4, -0.2) is 70.8 Å². The van der Waals surface area contributed by atoms with Gasteiger partial charge in [-0.05, 0) is 40.2 Å². The van der Waals surface area contributed by atoms with Crippen LogP contribution in [0.5, 0.6) is 0 Å². The van der Waals surface area contributed by atoms with E-state index in [9.17, 15) is 19.5 Å². The van der Waals surface area contributed by atoms with Crippen LogP contribution in [0.1, 0.15) is 44.6 Å². The molecule has 3 unspecified atom stereocenters. The number of β-lactam (4-membered cyclic amide) rings is 1. The fraction of sp³-hybridized carbons (Fsp3) is 0.545. The smallest absolute Gasteiger partial charge is 0.358 e. The van der Waals surface area contributed by atoms with Crippen LogP contribution in [0.25, 0.3) is 5.57 Å². The van der Waals surface area contributed by atoms with Crippen molar-refractivity contribution in [1.82, 2.24) is 9.80 Å². The first kappa shape index (κ1) is 24.3. The van der Waals surface area contributed by atoms with Crippen molar-refractivity contribution in [3.63, 3.8) is 0 Å². The van der Waals surface area contributed by atoms with Crippen molar-refractivity contribution in [3.05, 3.63) is 27.6 Å². The minimum Gasteiger partial charge on any atom is -0.427 e. The third kappa shape index (κ3) is 4.44. The predicted molar refractivity (Wildman–Crippen MR) is 124 cm³/mol. The molecule has 32 heavy (non-hydrogen) atoms. The number of carbonyl (C=O) groups excluding carboxylic acids is 3. The summed E-state index contributed by atoms with van der Waals surface area (Å²) in [5.41, 5.74) is 0.909. The van der Waals surface area contributed by atoms with E-state index in [4.69, 9.17) is 21.7 Å². The number of rotatable bonds is 6. The van der Waals surface area contributed by atoms with Crippen LogP contribution in [0.4, 0.5) is 0 Å². The van der Waals surface area contributed by atoms with Gasteiger partial charge in [0.15, 0.2) is 0 Å². The van der Waals surface area contributed by atoms with E-state index >= 15 is 0 Å². The molecular formula is C22H28N2O6S2. The van der Waals surface area contributed by atoms with E-state index in [2.05, 4.69) is 0 Å². The lowest BCUT2D eigenvalue weighted by molar-refractivity contribution is -0.175. The fourth-order valence-electron chi connectivity index (χ4n) is 3.77. The Labute approximate surface area is 196 Å². The average molecular weight is 481 g/mol. The summed E-state index contributed by atoms with van der Waals surface area (Å²) < 4.78 is 10.2. The Morgan fingerprint density at radius 1 is 1.34 bits per heavy atom. The maximum Gasteiger partial charge on any atom is 0.358 e. The number of fused-ring (bicyclic) bond motifs is 1. The Morgan fingerprint density at radius 3 is 2.56 bits per heavy atom. The SMILES string of the molecule is CC(O)C1C(=O)N2C(C(=O)OCOC(=O)C(C)(C)C)=C(c3cc(C(=S)N(C)C)cs3)CC12. The van der Waals surface area contributed by atoms with Gasteiger partial charge in [-0.2, -0.15) is 0 Å². The molecule has 2 aliphatic rings. The van der Waals surface area contributed by atoms with Gasteiger partial charge in [0, 0.05) is 35.5 Å². The number of ether oxygens (including phenoxy) is 2. The van der Waals surface area contributed by atoms with Gasteiger partial charge in [-0.3, -0.25) is 9.59 Å². The third-order valence-electron chi connectivity index (χ3n) is 5.46. The number of hydrogen-bond acceptors (Lipinski definition) is 8. The van der Waals surface area contributed by atoms with Crippen molar-refractivity contribution in [3.8, 4) is 0 Å². The van der Waals surface area contributed by atoms with Gasteiger partial charge < -0.3 is 24.4 Å². The molecule has 0 aromatic carbocycles. The van der Waals surface area contributed by atoms with Crippen LogP contribution in [0.2, 0.25) is 0 Å². The standard InChI is InChI=1S/C22H28N2O6S2/c1-11(25)16-14-8-13(15-7-12(9-32-15)19(31)23(5)6)17(24(14)18(16)26)20(27)29-10-30-21(28)22(2,3)4/h7,9,11,14,16,25H,8,10H2,1-6H3. The number of hydrogen-bond donors (Lipinski definition) is 1. The molecule has 1 saturated heterocycles. The Hall–Kier alpha value is -2.30. The van der Waals surface area contributed by atoms with E-state index in [0.717, 1.165) is 10.4 Å². The lowest BCUT2D eigenvalue weighted by Gasteiger charge is -2.44. The molecule has 8 nitrogen and oxygen atoms in total. The van der Waals surface area contributed by atoms with Gasteiger partial charge in [-0.15, -0.1) is 11.3 Å². The normalized spacial score (nSPS) is 21.1.